The third-order valence-corrected chi connectivity index (χ3v) is 5.99. The molecule has 0 aliphatic carbocycles. The minimum absolute atomic E-state index is 0.155. The number of aryl methyl sites for hydroxylation is 3. The van der Waals surface area contributed by atoms with Gasteiger partial charge in [0.25, 0.3) is 0 Å². The molecule has 0 bridgehead atoms. The van der Waals surface area contributed by atoms with Gasteiger partial charge in [-0.2, -0.15) is 0 Å². The molecule has 1 heterocycles. The number of anilines is 1. The van der Waals surface area contributed by atoms with E-state index in [0.717, 1.165) is 33.6 Å². The van der Waals surface area contributed by atoms with Crippen LogP contribution in [0, 0.1) is 20.8 Å². The van der Waals surface area contributed by atoms with Crippen LogP contribution in [-0.2, 0) is 9.53 Å². The van der Waals surface area contributed by atoms with Gasteiger partial charge in [0.05, 0.1) is 13.2 Å². The second-order valence-electron chi connectivity index (χ2n) is 7.66. The van der Waals surface area contributed by atoms with Crippen molar-refractivity contribution in [2.45, 2.75) is 40.5 Å². The number of nitrogens with one attached hydrogen (secondary N) is 1. The van der Waals surface area contributed by atoms with Crippen molar-refractivity contribution >= 4 is 28.2 Å². The van der Waals surface area contributed by atoms with Crippen molar-refractivity contribution in [2.24, 2.45) is 0 Å². The number of esters is 1. The molecule has 2 aromatic carbocycles. The van der Waals surface area contributed by atoms with E-state index < -0.39 is 5.97 Å². The Kier molecular flexibility index (Phi) is 8.06. The molecule has 1 aromatic heterocycles. The van der Waals surface area contributed by atoms with Gasteiger partial charge in [0.1, 0.15) is 16.3 Å². The van der Waals surface area contributed by atoms with Crippen LogP contribution in [0.4, 0.5) is 5.00 Å². The zero-order valence-electron chi connectivity index (χ0n) is 19.0. The van der Waals surface area contributed by atoms with Crippen LogP contribution in [0.1, 0.15) is 46.8 Å². The average Bonchev–Trinajstić information content (AvgIpc) is 3.15. The molecule has 32 heavy (non-hydrogen) atoms. The number of carbonyl (C=O) groups is 2. The number of amides is 1. The number of ether oxygens (including phenoxy) is 2. The molecular formula is C26H29NO4S. The molecule has 0 unspecified atom stereocenters. The maximum atomic E-state index is 12.7. The molecule has 0 spiro atoms. The lowest BCUT2D eigenvalue weighted by Gasteiger charge is -2.11. The van der Waals surface area contributed by atoms with Crippen LogP contribution in [0.5, 0.6) is 5.75 Å². The molecule has 0 aliphatic rings. The van der Waals surface area contributed by atoms with Gasteiger partial charge in [-0.05, 0) is 56.9 Å². The molecule has 3 aromatic rings. The van der Waals surface area contributed by atoms with Crippen LogP contribution < -0.4 is 10.1 Å². The molecule has 0 saturated heterocycles. The normalized spacial score (nSPS) is 10.6. The molecular weight excluding hydrogens is 422 g/mol. The van der Waals surface area contributed by atoms with E-state index in [1.807, 2.05) is 62.5 Å². The third kappa shape index (κ3) is 5.77. The molecule has 3 rings (SSSR count). The fourth-order valence-corrected chi connectivity index (χ4v) is 4.46. The summed E-state index contributed by atoms with van der Waals surface area (Å²) in [6.07, 6.45) is 0.870. The van der Waals surface area contributed by atoms with Gasteiger partial charge in [-0.25, -0.2) is 4.79 Å². The molecule has 6 heteroatoms. The van der Waals surface area contributed by atoms with E-state index in [4.69, 9.17) is 9.47 Å². The van der Waals surface area contributed by atoms with Gasteiger partial charge >= 0.3 is 5.97 Å². The zero-order valence-corrected chi connectivity index (χ0v) is 19.8. The summed E-state index contributed by atoms with van der Waals surface area (Å²) in [5.41, 5.74) is 5.44. The molecule has 0 fully saturated rings. The maximum Gasteiger partial charge on any atom is 0.341 e. The lowest BCUT2D eigenvalue weighted by atomic mass is 9.97. The lowest BCUT2D eigenvalue weighted by molar-refractivity contribution is -0.116. The summed E-state index contributed by atoms with van der Waals surface area (Å²) in [5.74, 6) is 0.244. The Balaban J connectivity index is 1.70. The van der Waals surface area contributed by atoms with E-state index in [1.54, 1.807) is 6.92 Å². The maximum absolute atomic E-state index is 12.7. The van der Waals surface area contributed by atoms with Gasteiger partial charge in [-0.3, -0.25) is 4.79 Å². The first kappa shape index (κ1) is 23.5. The SMILES string of the molecule is CCOC(=O)c1c(-c2ccc(C)cc2C)csc1NC(=O)CCCOc1ccccc1C. The smallest absolute Gasteiger partial charge is 0.341 e. The fraction of sp³-hybridized carbons (Fsp3) is 0.308. The zero-order chi connectivity index (χ0) is 23.1. The van der Waals surface area contributed by atoms with Crippen molar-refractivity contribution in [3.8, 4) is 16.9 Å². The Morgan fingerprint density at radius 2 is 1.78 bits per heavy atom. The number of hydrogen-bond donors (Lipinski definition) is 1. The van der Waals surface area contributed by atoms with Crippen LogP contribution >= 0.6 is 11.3 Å². The minimum Gasteiger partial charge on any atom is -0.493 e. The highest BCUT2D eigenvalue weighted by molar-refractivity contribution is 7.15. The lowest BCUT2D eigenvalue weighted by Crippen LogP contribution is -2.15. The predicted octanol–water partition coefficient (Wildman–Crippen LogP) is 6.31. The fourth-order valence-electron chi connectivity index (χ4n) is 3.49. The second-order valence-corrected chi connectivity index (χ2v) is 8.54. The summed E-state index contributed by atoms with van der Waals surface area (Å²) >= 11 is 1.34. The van der Waals surface area contributed by atoms with Crippen LogP contribution in [0.25, 0.3) is 11.1 Å². The van der Waals surface area contributed by atoms with Crippen molar-refractivity contribution in [1.82, 2.24) is 0 Å². The predicted molar refractivity (Wildman–Crippen MR) is 130 cm³/mol. The van der Waals surface area contributed by atoms with E-state index >= 15 is 0 Å². The Morgan fingerprint density at radius 3 is 2.50 bits per heavy atom. The number of thiophene rings is 1. The van der Waals surface area contributed by atoms with Crippen molar-refractivity contribution in [1.29, 1.82) is 0 Å². The van der Waals surface area contributed by atoms with Crippen molar-refractivity contribution < 1.29 is 19.1 Å². The summed E-state index contributed by atoms with van der Waals surface area (Å²) in [6.45, 7) is 8.52. The third-order valence-electron chi connectivity index (χ3n) is 5.09. The molecule has 0 saturated carbocycles. The van der Waals surface area contributed by atoms with Crippen molar-refractivity contribution in [3.05, 3.63) is 70.1 Å². The van der Waals surface area contributed by atoms with Gasteiger partial charge < -0.3 is 14.8 Å². The number of rotatable bonds is 9. The monoisotopic (exact) mass is 451 g/mol. The van der Waals surface area contributed by atoms with Gasteiger partial charge in [0.2, 0.25) is 5.91 Å². The number of carbonyl (C=O) groups excluding carboxylic acids is 2. The highest BCUT2D eigenvalue weighted by Gasteiger charge is 2.23. The number of para-hydroxylation sites is 1. The summed E-state index contributed by atoms with van der Waals surface area (Å²) in [5, 5.41) is 5.32. The molecule has 5 nitrogen and oxygen atoms in total. The Hall–Kier alpha value is -3.12. The summed E-state index contributed by atoms with van der Waals surface area (Å²) in [4.78, 5) is 25.3. The minimum atomic E-state index is -0.429. The highest BCUT2D eigenvalue weighted by atomic mass is 32.1. The van der Waals surface area contributed by atoms with E-state index in [-0.39, 0.29) is 12.5 Å². The summed E-state index contributed by atoms with van der Waals surface area (Å²) in [6, 6.07) is 13.9. The highest BCUT2D eigenvalue weighted by Crippen LogP contribution is 2.38. The largest absolute Gasteiger partial charge is 0.493 e. The van der Waals surface area contributed by atoms with Crippen molar-refractivity contribution in [2.75, 3.05) is 18.5 Å². The summed E-state index contributed by atoms with van der Waals surface area (Å²) < 4.78 is 11.1. The van der Waals surface area contributed by atoms with E-state index in [9.17, 15) is 9.59 Å². The van der Waals surface area contributed by atoms with Gasteiger partial charge in [-0.1, -0.05) is 42.0 Å². The van der Waals surface area contributed by atoms with E-state index in [0.29, 0.717) is 30.0 Å². The second kappa shape index (κ2) is 11.0. The van der Waals surface area contributed by atoms with Gasteiger partial charge in [0, 0.05) is 17.4 Å². The van der Waals surface area contributed by atoms with E-state index in [2.05, 4.69) is 11.4 Å². The molecule has 0 aliphatic heterocycles. The molecule has 0 atom stereocenters. The van der Waals surface area contributed by atoms with Crippen molar-refractivity contribution in [3.63, 3.8) is 0 Å². The van der Waals surface area contributed by atoms with Gasteiger partial charge in [-0.15, -0.1) is 11.3 Å². The Labute approximate surface area is 193 Å². The van der Waals surface area contributed by atoms with Crippen LogP contribution in [0.3, 0.4) is 0 Å². The quantitative estimate of drug-likeness (QED) is 0.306. The Bertz CT molecular complexity index is 1100. The molecule has 1 amide bonds. The summed E-state index contributed by atoms with van der Waals surface area (Å²) in [7, 11) is 0. The average molecular weight is 452 g/mol. The van der Waals surface area contributed by atoms with E-state index in [1.165, 1.54) is 11.3 Å². The van der Waals surface area contributed by atoms with Crippen LogP contribution in [-0.4, -0.2) is 25.1 Å². The molecule has 168 valence electrons. The van der Waals surface area contributed by atoms with Crippen LogP contribution in [0.15, 0.2) is 47.8 Å². The first-order chi connectivity index (χ1) is 15.4. The number of hydrogen-bond acceptors (Lipinski definition) is 5. The first-order valence-corrected chi connectivity index (χ1v) is 11.6. The standard InChI is InChI=1S/C26H29NO4S/c1-5-30-26(29)24-21(20-13-12-17(2)15-19(20)4)16-32-25(24)27-23(28)11-8-14-31-22-10-7-6-9-18(22)3/h6-7,9-10,12-13,15-16H,5,8,11,14H2,1-4H3,(H,27,28). The molecule has 1 N–H and O–H groups in total. The van der Waals surface area contributed by atoms with Crippen LogP contribution in [0.2, 0.25) is 0 Å². The topological polar surface area (TPSA) is 64.6 Å². The Morgan fingerprint density at radius 1 is 1.00 bits per heavy atom. The first-order valence-electron chi connectivity index (χ1n) is 10.7. The van der Waals surface area contributed by atoms with Gasteiger partial charge in [0.15, 0.2) is 0 Å². The number of benzene rings is 2. The molecule has 0 radical (unpaired) electrons.